The van der Waals surface area contributed by atoms with Crippen molar-refractivity contribution in [3.05, 3.63) is 130 Å². The average molecular weight is 456 g/mol. The van der Waals surface area contributed by atoms with E-state index < -0.39 is 17.4 Å². The zero-order valence-corrected chi connectivity index (χ0v) is 19.1. The lowest BCUT2D eigenvalue weighted by Crippen LogP contribution is -2.52. The second kappa shape index (κ2) is 10.3. The Balaban J connectivity index is 1.83. The van der Waals surface area contributed by atoms with Crippen LogP contribution in [0.25, 0.3) is 0 Å². The molecule has 166 valence electrons. The van der Waals surface area contributed by atoms with E-state index in [1.54, 1.807) is 0 Å². The lowest BCUT2D eigenvalue weighted by atomic mass is 9.72. The fourth-order valence-corrected chi connectivity index (χ4v) is 5.11. The minimum absolute atomic E-state index is 0.270. The van der Waals surface area contributed by atoms with E-state index >= 15 is 0 Å². The van der Waals surface area contributed by atoms with Gasteiger partial charge in [-0.3, -0.25) is 4.79 Å². The van der Waals surface area contributed by atoms with Gasteiger partial charge in [0.25, 0.3) is 0 Å². The lowest BCUT2D eigenvalue weighted by Gasteiger charge is -2.34. The van der Waals surface area contributed by atoms with Crippen LogP contribution in [0.1, 0.15) is 21.6 Å². The first kappa shape index (κ1) is 22.5. The molecule has 0 spiro atoms. The Morgan fingerprint density at radius 3 is 1.85 bits per heavy atom. The number of carbonyl (C=O) groups excluding carboxylic acids is 2. The summed E-state index contributed by atoms with van der Waals surface area (Å²) >= 11 is 1.52. The summed E-state index contributed by atoms with van der Waals surface area (Å²) in [6.45, 7) is 0. The Bertz CT molecular complexity index is 1140. The Morgan fingerprint density at radius 2 is 1.36 bits per heavy atom. The van der Waals surface area contributed by atoms with Gasteiger partial charge in [0, 0.05) is 11.3 Å². The fraction of sp³-hybridized carbons (Fsp3) is 0.143. The van der Waals surface area contributed by atoms with Crippen molar-refractivity contribution in [2.24, 2.45) is 0 Å². The van der Waals surface area contributed by atoms with Crippen LogP contribution in [0, 0.1) is 0 Å². The molecule has 4 rings (SSSR count). The molecule has 0 aliphatic rings. The van der Waals surface area contributed by atoms with E-state index in [1.165, 1.54) is 18.4 Å². The third-order valence-electron chi connectivity index (χ3n) is 5.72. The number of amides is 1. The van der Waals surface area contributed by atoms with Crippen LogP contribution in [0.5, 0.6) is 0 Å². The minimum atomic E-state index is -1.11. The number of benzene rings is 3. The monoisotopic (exact) mass is 455 g/mol. The molecule has 0 aliphatic carbocycles. The molecule has 1 heterocycles. The van der Waals surface area contributed by atoms with E-state index in [9.17, 15) is 9.59 Å². The number of rotatable bonds is 8. The summed E-state index contributed by atoms with van der Waals surface area (Å²) < 4.78 is 5.05. The Kier molecular flexibility index (Phi) is 7.01. The summed E-state index contributed by atoms with van der Waals surface area (Å²) in [7, 11) is 1.34. The highest BCUT2D eigenvalue weighted by molar-refractivity contribution is 7.10. The SMILES string of the molecule is COC(=O)[C@@H](Cc1ccccc1)NC(=O)C(c1ccccc1)(c1ccccc1)c1cccs1. The van der Waals surface area contributed by atoms with E-state index in [4.69, 9.17) is 4.74 Å². The fourth-order valence-electron chi connectivity index (χ4n) is 4.15. The molecule has 33 heavy (non-hydrogen) atoms. The van der Waals surface area contributed by atoms with Gasteiger partial charge in [-0.05, 0) is 28.1 Å². The topological polar surface area (TPSA) is 55.4 Å². The molecule has 0 unspecified atom stereocenters. The summed E-state index contributed by atoms with van der Waals surface area (Å²) in [5, 5.41) is 5.00. The number of ether oxygens (including phenoxy) is 1. The third kappa shape index (κ3) is 4.59. The molecule has 4 aromatic rings. The smallest absolute Gasteiger partial charge is 0.328 e. The molecule has 0 saturated carbocycles. The first-order chi connectivity index (χ1) is 16.2. The molecule has 0 radical (unpaired) electrons. The first-order valence-corrected chi connectivity index (χ1v) is 11.6. The van der Waals surface area contributed by atoms with Gasteiger partial charge >= 0.3 is 5.97 Å². The predicted molar refractivity (Wildman–Crippen MR) is 131 cm³/mol. The van der Waals surface area contributed by atoms with Crippen molar-refractivity contribution in [2.45, 2.75) is 17.9 Å². The maximum atomic E-state index is 14.3. The zero-order chi connectivity index (χ0) is 23.1. The van der Waals surface area contributed by atoms with Crippen LogP contribution in [0.4, 0.5) is 0 Å². The number of hydrogen-bond acceptors (Lipinski definition) is 4. The summed E-state index contributed by atoms with van der Waals surface area (Å²) in [6.07, 6.45) is 0.337. The number of esters is 1. The van der Waals surface area contributed by atoms with Gasteiger partial charge in [0.05, 0.1) is 7.11 Å². The van der Waals surface area contributed by atoms with E-state index in [2.05, 4.69) is 5.32 Å². The van der Waals surface area contributed by atoms with E-state index in [0.29, 0.717) is 6.42 Å². The van der Waals surface area contributed by atoms with Crippen molar-refractivity contribution in [1.29, 1.82) is 0 Å². The third-order valence-corrected chi connectivity index (χ3v) is 6.71. The number of thiophene rings is 1. The molecule has 4 nitrogen and oxygen atoms in total. The van der Waals surface area contributed by atoms with E-state index in [-0.39, 0.29) is 5.91 Å². The standard InChI is InChI=1S/C28H25NO3S/c1-32-26(30)24(20-21-12-5-2-6-13-21)29-27(31)28(25-18-11-19-33-25,22-14-7-3-8-15-22)23-16-9-4-10-17-23/h2-19,24H,20H2,1H3,(H,29,31)/t24-/m1/s1. The van der Waals surface area contributed by atoms with Crippen LogP contribution in [0.15, 0.2) is 109 Å². The molecule has 0 fully saturated rings. The van der Waals surface area contributed by atoms with Crippen molar-refractivity contribution >= 4 is 23.2 Å². The summed E-state index contributed by atoms with van der Waals surface area (Å²) in [6, 6.07) is 32.1. The van der Waals surface area contributed by atoms with Crippen molar-refractivity contribution < 1.29 is 14.3 Å². The van der Waals surface area contributed by atoms with Gasteiger partial charge in [-0.25, -0.2) is 4.79 Å². The van der Waals surface area contributed by atoms with Crippen LogP contribution in [-0.2, 0) is 26.2 Å². The van der Waals surface area contributed by atoms with Crippen LogP contribution in [-0.4, -0.2) is 25.0 Å². The maximum Gasteiger partial charge on any atom is 0.328 e. The number of carbonyl (C=O) groups is 2. The molecule has 5 heteroatoms. The van der Waals surface area contributed by atoms with Crippen LogP contribution in [0.3, 0.4) is 0 Å². The molecule has 0 aliphatic heterocycles. The Labute approximate surface area is 197 Å². The Hall–Kier alpha value is -3.70. The molecule has 0 saturated heterocycles. The van der Waals surface area contributed by atoms with Gasteiger partial charge < -0.3 is 10.1 Å². The molecular formula is C28H25NO3S. The largest absolute Gasteiger partial charge is 0.467 e. The molecule has 1 amide bonds. The molecular weight excluding hydrogens is 430 g/mol. The molecule has 1 atom stereocenters. The molecule has 0 bridgehead atoms. The molecule has 1 aromatic heterocycles. The summed E-state index contributed by atoms with van der Waals surface area (Å²) in [5.41, 5.74) is 1.49. The number of methoxy groups -OCH3 is 1. The number of hydrogen-bond donors (Lipinski definition) is 1. The van der Waals surface area contributed by atoms with Gasteiger partial charge in [-0.1, -0.05) is 97.1 Å². The van der Waals surface area contributed by atoms with Crippen LogP contribution >= 0.6 is 11.3 Å². The highest BCUT2D eigenvalue weighted by Gasteiger charge is 2.46. The highest BCUT2D eigenvalue weighted by Crippen LogP contribution is 2.41. The van der Waals surface area contributed by atoms with Gasteiger partial charge in [0.15, 0.2) is 0 Å². The van der Waals surface area contributed by atoms with Gasteiger partial charge in [-0.2, -0.15) is 0 Å². The average Bonchev–Trinajstić information content (AvgIpc) is 3.41. The predicted octanol–water partition coefficient (Wildman–Crippen LogP) is 4.98. The Morgan fingerprint density at radius 1 is 0.818 bits per heavy atom. The summed E-state index contributed by atoms with van der Waals surface area (Å²) in [5.74, 6) is -0.748. The van der Waals surface area contributed by atoms with Crippen molar-refractivity contribution in [3.63, 3.8) is 0 Å². The minimum Gasteiger partial charge on any atom is -0.467 e. The van der Waals surface area contributed by atoms with Crippen molar-refractivity contribution in [1.82, 2.24) is 5.32 Å². The van der Waals surface area contributed by atoms with E-state index in [1.807, 2.05) is 109 Å². The van der Waals surface area contributed by atoms with Crippen molar-refractivity contribution in [2.75, 3.05) is 7.11 Å². The zero-order valence-electron chi connectivity index (χ0n) is 18.3. The normalized spacial score (nSPS) is 12.0. The van der Waals surface area contributed by atoms with Gasteiger partial charge in [0.1, 0.15) is 11.5 Å². The first-order valence-electron chi connectivity index (χ1n) is 10.7. The number of nitrogens with one attached hydrogen (secondary N) is 1. The molecule has 3 aromatic carbocycles. The van der Waals surface area contributed by atoms with Crippen LogP contribution in [0.2, 0.25) is 0 Å². The van der Waals surface area contributed by atoms with Crippen LogP contribution < -0.4 is 5.32 Å². The summed E-state index contributed by atoms with van der Waals surface area (Å²) in [4.78, 5) is 27.9. The van der Waals surface area contributed by atoms with E-state index in [0.717, 1.165) is 21.6 Å². The maximum absolute atomic E-state index is 14.3. The second-order valence-electron chi connectivity index (χ2n) is 7.70. The van der Waals surface area contributed by atoms with Gasteiger partial charge in [0.2, 0.25) is 5.91 Å². The van der Waals surface area contributed by atoms with Crippen molar-refractivity contribution in [3.8, 4) is 0 Å². The van der Waals surface area contributed by atoms with Gasteiger partial charge in [-0.15, -0.1) is 11.3 Å². The quantitative estimate of drug-likeness (QED) is 0.381. The lowest BCUT2D eigenvalue weighted by molar-refractivity contribution is -0.145. The highest BCUT2D eigenvalue weighted by atomic mass is 32.1. The molecule has 1 N–H and O–H groups in total. The second-order valence-corrected chi connectivity index (χ2v) is 8.65.